The van der Waals surface area contributed by atoms with Crippen LogP contribution in [-0.4, -0.2) is 66.5 Å². The monoisotopic (exact) mass is 506 g/mol. The number of methoxy groups -OCH3 is 1. The topological polar surface area (TPSA) is 83.6 Å². The summed E-state index contributed by atoms with van der Waals surface area (Å²) in [5.41, 5.74) is 1.51. The normalized spacial score (nSPS) is 19.4. The highest BCUT2D eigenvalue weighted by Crippen LogP contribution is 2.34. The Hall–Kier alpha value is -3.32. The summed E-state index contributed by atoms with van der Waals surface area (Å²) in [7, 11) is 3.54. The number of hydrogen-bond donors (Lipinski definition) is 1. The van der Waals surface area contributed by atoms with E-state index in [-0.39, 0.29) is 16.7 Å². The second-order valence-corrected chi connectivity index (χ2v) is 8.78. The highest BCUT2D eigenvalue weighted by atomic mass is 19.4. The predicted octanol–water partition coefficient (Wildman–Crippen LogP) is 3.17. The first-order valence-corrected chi connectivity index (χ1v) is 11.3. The van der Waals surface area contributed by atoms with Gasteiger partial charge in [-0.25, -0.2) is 5.43 Å². The number of piperazine rings is 1. The van der Waals surface area contributed by atoms with Crippen LogP contribution in [0.5, 0.6) is 5.75 Å². The second-order valence-electron chi connectivity index (χ2n) is 8.78. The zero-order chi connectivity index (χ0) is 26.1. The Labute approximate surface area is 206 Å². The summed E-state index contributed by atoms with van der Waals surface area (Å²) >= 11 is 0. The molecule has 12 heteroatoms. The quantitative estimate of drug-likeness (QED) is 0.640. The third-order valence-corrected chi connectivity index (χ3v) is 6.51. The van der Waals surface area contributed by atoms with E-state index in [4.69, 9.17) is 9.57 Å². The number of carbonyl (C=O) groups is 1. The number of ether oxygens (including phenoxy) is 1. The van der Waals surface area contributed by atoms with E-state index in [9.17, 15) is 23.2 Å². The zero-order valence-electron chi connectivity index (χ0n) is 20.1. The molecule has 2 aromatic rings. The largest absolute Gasteiger partial charge is 0.732 e. The number of rotatable bonds is 6. The Morgan fingerprint density at radius 3 is 2.33 bits per heavy atom. The van der Waals surface area contributed by atoms with Gasteiger partial charge in [0.25, 0.3) is 5.91 Å². The maximum Gasteiger partial charge on any atom is 0.416 e. The summed E-state index contributed by atoms with van der Waals surface area (Å²) in [6.45, 7) is 4.51. The minimum absolute atomic E-state index is 0.0123. The van der Waals surface area contributed by atoms with Crippen LogP contribution < -0.4 is 10.2 Å². The van der Waals surface area contributed by atoms with Crippen molar-refractivity contribution in [1.29, 1.82) is 0 Å². The highest BCUT2D eigenvalue weighted by molar-refractivity contribution is 5.87. The number of amides is 1. The Balaban J connectivity index is 1.59. The summed E-state index contributed by atoms with van der Waals surface area (Å²) in [6, 6.07) is 11.3. The second kappa shape index (κ2) is 9.97. The van der Waals surface area contributed by atoms with E-state index < -0.39 is 23.2 Å². The summed E-state index contributed by atoms with van der Waals surface area (Å²) in [5.74, 6) is 0.0801. The molecule has 4 rings (SSSR count). The van der Waals surface area contributed by atoms with Crippen molar-refractivity contribution in [2.75, 3.05) is 40.3 Å². The van der Waals surface area contributed by atoms with Crippen LogP contribution in [0.1, 0.15) is 23.6 Å². The first kappa shape index (κ1) is 25.8. The van der Waals surface area contributed by atoms with Gasteiger partial charge in [-0.3, -0.25) is 9.69 Å². The average Bonchev–Trinajstić information content (AvgIpc) is 3.23. The third kappa shape index (κ3) is 5.12. The lowest BCUT2D eigenvalue weighted by atomic mass is 9.88. The first-order chi connectivity index (χ1) is 17.0. The van der Waals surface area contributed by atoms with Gasteiger partial charge in [-0.05, 0) is 43.8 Å². The zero-order valence-corrected chi connectivity index (χ0v) is 20.1. The van der Waals surface area contributed by atoms with E-state index in [2.05, 4.69) is 10.3 Å². The smallest absolute Gasteiger partial charge is 0.416 e. The molecule has 0 spiro atoms. The predicted molar refractivity (Wildman–Crippen MR) is 125 cm³/mol. The summed E-state index contributed by atoms with van der Waals surface area (Å²) in [4.78, 5) is 23.0. The van der Waals surface area contributed by atoms with Gasteiger partial charge in [-0.2, -0.15) is 18.3 Å². The lowest BCUT2D eigenvalue weighted by molar-refractivity contribution is -0.187. The molecule has 1 saturated heterocycles. The van der Waals surface area contributed by atoms with Crippen molar-refractivity contribution in [2.45, 2.75) is 18.6 Å². The van der Waals surface area contributed by atoms with E-state index in [0.29, 0.717) is 24.4 Å². The van der Waals surface area contributed by atoms with Gasteiger partial charge < -0.3 is 19.7 Å². The van der Waals surface area contributed by atoms with Gasteiger partial charge in [0.1, 0.15) is 11.3 Å². The SMILES string of the molecule is COc1cccc(C(C)(C(=O)NN2C=C(c3ccc(C(F)(F)F)cc3)ON2[O-])N2CCN(C)CC2)c1. The molecule has 0 aliphatic carbocycles. The number of nitrogens with one attached hydrogen (secondary N) is 1. The van der Waals surface area contributed by atoms with E-state index in [0.717, 1.165) is 30.3 Å². The standard InChI is InChI=1S/C24H27F3N5O4/c1-23(30-13-11-29(2)12-14-30,19-5-4-6-20(15-19)35-3)22(33)28-31-16-21(36-32(31)34)17-7-9-18(10-8-17)24(25,26)27/h4-10,15-16H,11-14H2,1-3H3,(H,28,33)/q-1. The molecular formula is C24H27F3N5O4-. The molecule has 0 aromatic heterocycles. The highest BCUT2D eigenvalue weighted by Gasteiger charge is 2.43. The number of benzene rings is 2. The van der Waals surface area contributed by atoms with Crippen LogP contribution in [0.2, 0.25) is 0 Å². The molecule has 1 fully saturated rings. The maximum absolute atomic E-state index is 13.7. The van der Waals surface area contributed by atoms with Crippen LogP contribution in [0.25, 0.3) is 5.76 Å². The molecule has 1 unspecified atom stereocenters. The van der Waals surface area contributed by atoms with Crippen LogP contribution in [0.4, 0.5) is 13.2 Å². The fraction of sp³-hybridized carbons (Fsp3) is 0.375. The van der Waals surface area contributed by atoms with E-state index in [1.54, 1.807) is 25.1 Å². The van der Waals surface area contributed by atoms with Gasteiger partial charge in [0, 0.05) is 31.7 Å². The Kier molecular flexibility index (Phi) is 7.14. The van der Waals surface area contributed by atoms with Gasteiger partial charge in [-0.15, -0.1) is 0 Å². The van der Waals surface area contributed by atoms with Crippen LogP contribution in [0.3, 0.4) is 0 Å². The fourth-order valence-corrected chi connectivity index (χ4v) is 4.18. The number of nitrogens with zero attached hydrogens (tertiary/aromatic N) is 4. The molecule has 36 heavy (non-hydrogen) atoms. The minimum Gasteiger partial charge on any atom is -0.732 e. The molecule has 1 amide bonds. The number of hydrazine groups is 2. The number of hydrogen-bond acceptors (Lipinski definition) is 8. The molecule has 1 atom stereocenters. The van der Waals surface area contributed by atoms with Gasteiger partial charge in [0.15, 0.2) is 5.76 Å². The number of halogens is 3. The van der Waals surface area contributed by atoms with Crippen LogP contribution in [-0.2, 0) is 21.3 Å². The Morgan fingerprint density at radius 1 is 1.06 bits per heavy atom. The minimum atomic E-state index is -4.48. The molecular weight excluding hydrogens is 479 g/mol. The molecule has 2 aromatic carbocycles. The van der Waals surface area contributed by atoms with Crippen molar-refractivity contribution in [2.24, 2.45) is 0 Å². The molecule has 194 valence electrons. The van der Waals surface area contributed by atoms with E-state index in [1.165, 1.54) is 25.4 Å². The number of alkyl halides is 3. The Morgan fingerprint density at radius 2 is 1.72 bits per heavy atom. The lowest BCUT2D eigenvalue weighted by Crippen LogP contribution is -2.62. The van der Waals surface area contributed by atoms with Crippen molar-refractivity contribution in [3.05, 3.63) is 76.6 Å². The van der Waals surface area contributed by atoms with Gasteiger partial charge in [-0.1, -0.05) is 29.6 Å². The van der Waals surface area contributed by atoms with Crippen LogP contribution in [0, 0.1) is 5.21 Å². The summed E-state index contributed by atoms with van der Waals surface area (Å²) in [5, 5.41) is 13.3. The Bertz CT molecular complexity index is 1120. The number of carbonyl (C=O) groups excluding carboxylic acids is 1. The van der Waals surface area contributed by atoms with Crippen LogP contribution in [0.15, 0.2) is 54.7 Å². The van der Waals surface area contributed by atoms with Crippen molar-refractivity contribution >= 4 is 11.7 Å². The van der Waals surface area contributed by atoms with Gasteiger partial charge in [0.05, 0.1) is 18.9 Å². The van der Waals surface area contributed by atoms with Gasteiger partial charge >= 0.3 is 6.18 Å². The molecule has 2 heterocycles. The third-order valence-electron chi connectivity index (χ3n) is 6.51. The van der Waals surface area contributed by atoms with Crippen LogP contribution >= 0.6 is 0 Å². The van der Waals surface area contributed by atoms with Crippen molar-refractivity contribution in [3.8, 4) is 5.75 Å². The molecule has 2 aliphatic heterocycles. The molecule has 0 bridgehead atoms. The van der Waals surface area contributed by atoms with Crippen molar-refractivity contribution in [3.63, 3.8) is 0 Å². The lowest BCUT2D eigenvalue weighted by Gasteiger charge is -2.45. The number of likely N-dealkylation sites (N-methyl/N-ethyl adjacent to an activating group) is 1. The van der Waals surface area contributed by atoms with E-state index in [1.807, 2.05) is 18.0 Å². The first-order valence-electron chi connectivity index (χ1n) is 11.3. The molecule has 0 radical (unpaired) electrons. The van der Waals surface area contributed by atoms with Crippen molar-refractivity contribution < 1.29 is 27.5 Å². The summed E-state index contributed by atoms with van der Waals surface area (Å²) in [6.07, 6.45) is -3.27. The van der Waals surface area contributed by atoms with Crippen molar-refractivity contribution in [1.82, 2.24) is 25.7 Å². The van der Waals surface area contributed by atoms with E-state index >= 15 is 0 Å². The van der Waals surface area contributed by atoms with Gasteiger partial charge in [0.2, 0.25) is 0 Å². The molecule has 2 aliphatic rings. The average molecular weight is 507 g/mol. The summed E-state index contributed by atoms with van der Waals surface area (Å²) < 4.78 is 43.9. The molecule has 0 saturated carbocycles. The fourth-order valence-electron chi connectivity index (χ4n) is 4.18. The molecule has 1 N–H and O–H groups in total. The maximum atomic E-state index is 13.7. The molecule has 9 nitrogen and oxygen atoms in total.